The van der Waals surface area contributed by atoms with E-state index in [0.29, 0.717) is 0 Å². The van der Waals surface area contributed by atoms with Crippen LogP contribution in [0.4, 0.5) is 0 Å². The molecule has 64 valence electrons. The quantitative estimate of drug-likeness (QED) is 0.629. The molecule has 3 nitrogen and oxygen atoms in total. The van der Waals surface area contributed by atoms with Crippen molar-refractivity contribution in [3.8, 4) is 0 Å². The van der Waals surface area contributed by atoms with E-state index in [4.69, 9.17) is 5.73 Å². The molecule has 1 atom stereocenters. The van der Waals surface area contributed by atoms with Crippen molar-refractivity contribution in [2.24, 2.45) is 10.7 Å². The predicted molar refractivity (Wildman–Crippen MR) is 47.8 cm³/mol. The van der Waals surface area contributed by atoms with Crippen molar-refractivity contribution >= 4 is 5.84 Å². The Morgan fingerprint density at radius 1 is 1.73 bits per heavy atom. The molecule has 0 aromatic carbocycles. The first kappa shape index (κ1) is 8.53. The molecule has 3 heteroatoms. The van der Waals surface area contributed by atoms with Gasteiger partial charge in [-0.15, -0.1) is 0 Å². The maximum absolute atomic E-state index is 5.68. The molecule has 1 heterocycles. The van der Waals surface area contributed by atoms with E-state index in [1.165, 1.54) is 12.3 Å². The lowest BCUT2D eigenvalue weighted by molar-refractivity contribution is 0.450. The van der Waals surface area contributed by atoms with Crippen LogP contribution in [-0.4, -0.2) is 36.9 Å². The fraction of sp³-hybridized carbons (Fsp3) is 0.875. The molecule has 0 spiro atoms. The Labute approximate surface area is 68.3 Å². The maximum atomic E-state index is 5.68. The Hall–Kier alpha value is -0.570. The lowest BCUT2D eigenvalue weighted by atomic mass is 10.2. The van der Waals surface area contributed by atoms with Crippen LogP contribution < -0.4 is 5.73 Å². The van der Waals surface area contributed by atoms with E-state index < -0.39 is 0 Å². The second-order valence-corrected chi connectivity index (χ2v) is 3.25. The molecule has 0 aromatic rings. The fourth-order valence-electron chi connectivity index (χ4n) is 1.27. The van der Waals surface area contributed by atoms with Gasteiger partial charge in [-0.05, 0) is 13.3 Å². The number of rotatable bonds is 2. The van der Waals surface area contributed by atoms with Crippen LogP contribution in [0, 0.1) is 0 Å². The van der Waals surface area contributed by atoms with Crippen molar-refractivity contribution in [3.63, 3.8) is 0 Å². The number of hydrogen-bond acceptors (Lipinski definition) is 3. The summed E-state index contributed by atoms with van der Waals surface area (Å²) in [5.41, 5.74) is 5.68. The van der Waals surface area contributed by atoms with Crippen LogP contribution in [0.3, 0.4) is 0 Å². The van der Waals surface area contributed by atoms with Gasteiger partial charge in [0.25, 0.3) is 0 Å². The third-order valence-corrected chi connectivity index (χ3v) is 1.89. The SMILES string of the molecule is CC(N)CC1=NCCCN1C. The minimum atomic E-state index is 0.231. The Morgan fingerprint density at radius 2 is 2.45 bits per heavy atom. The monoisotopic (exact) mass is 155 g/mol. The number of aliphatic imine (C=N–C) groups is 1. The molecule has 1 aliphatic heterocycles. The van der Waals surface area contributed by atoms with Gasteiger partial charge in [0.2, 0.25) is 0 Å². The topological polar surface area (TPSA) is 41.6 Å². The third-order valence-electron chi connectivity index (χ3n) is 1.89. The first-order valence-corrected chi connectivity index (χ1v) is 4.20. The van der Waals surface area contributed by atoms with Crippen LogP contribution >= 0.6 is 0 Å². The van der Waals surface area contributed by atoms with E-state index in [2.05, 4.69) is 16.9 Å². The van der Waals surface area contributed by atoms with Gasteiger partial charge in [-0.3, -0.25) is 4.99 Å². The van der Waals surface area contributed by atoms with Crippen molar-refractivity contribution in [1.82, 2.24) is 4.90 Å². The van der Waals surface area contributed by atoms with E-state index in [-0.39, 0.29) is 6.04 Å². The highest BCUT2D eigenvalue weighted by molar-refractivity contribution is 5.83. The van der Waals surface area contributed by atoms with Gasteiger partial charge in [-0.25, -0.2) is 0 Å². The molecule has 0 fully saturated rings. The summed E-state index contributed by atoms with van der Waals surface area (Å²) in [5, 5.41) is 0. The van der Waals surface area contributed by atoms with Crippen molar-refractivity contribution in [1.29, 1.82) is 0 Å². The first-order valence-electron chi connectivity index (χ1n) is 4.20. The smallest absolute Gasteiger partial charge is 0.100 e. The largest absolute Gasteiger partial charge is 0.363 e. The Bertz CT molecular complexity index is 151. The zero-order valence-electron chi connectivity index (χ0n) is 7.38. The molecule has 1 rings (SSSR count). The highest BCUT2D eigenvalue weighted by atomic mass is 15.2. The summed E-state index contributed by atoms with van der Waals surface area (Å²) in [7, 11) is 2.08. The van der Waals surface area contributed by atoms with Crippen LogP contribution in [0.25, 0.3) is 0 Å². The number of hydrogen-bond donors (Lipinski definition) is 1. The number of nitrogens with zero attached hydrogens (tertiary/aromatic N) is 2. The van der Waals surface area contributed by atoms with E-state index in [1.807, 2.05) is 6.92 Å². The van der Waals surface area contributed by atoms with Crippen LogP contribution in [0.5, 0.6) is 0 Å². The molecule has 1 aliphatic rings. The molecule has 0 radical (unpaired) electrons. The van der Waals surface area contributed by atoms with Gasteiger partial charge in [0.1, 0.15) is 5.84 Å². The van der Waals surface area contributed by atoms with Gasteiger partial charge in [0, 0.05) is 32.6 Å². The molecule has 0 saturated carbocycles. The average molecular weight is 155 g/mol. The summed E-state index contributed by atoms with van der Waals surface area (Å²) in [4.78, 5) is 6.61. The van der Waals surface area contributed by atoms with Crippen molar-refractivity contribution in [3.05, 3.63) is 0 Å². The lowest BCUT2D eigenvalue weighted by Crippen LogP contribution is -2.35. The Morgan fingerprint density at radius 3 is 3.00 bits per heavy atom. The molecule has 0 saturated heterocycles. The number of nitrogens with two attached hydrogens (primary N) is 1. The van der Waals surface area contributed by atoms with Gasteiger partial charge < -0.3 is 10.6 Å². The molecule has 11 heavy (non-hydrogen) atoms. The minimum absolute atomic E-state index is 0.231. The van der Waals surface area contributed by atoms with Crippen LogP contribution in [0.15, 0.2) is 4.99 Å². The normalized spacial score (nSPS) is 21.4. The lowest BCUT2D eigenvalue weighted by Gasteiger charge is -2.26. The standard InChI is InChI=1S/C8H17N3/c1-7(9)6-8-10-4-3-5-11(8)2/h7H,3-6,9H2,1-2H3. The van der Waals surface area contributed by atoms with Gasteiger partial charge in [0.15, 0.2) is 0 Å². The van der Waals surface area contributed by atoms with E-state index in [1.54, 1.807) is 0 Å². The maximum Gasteiger partial charge on any atom is 0.100 e. The van der Waals surface area contributed by atoms with E-state index in [9.17, 15) is 0 Å². The summed E-state index contributed by atoms with van der Waals surface area (Å²) < 4.78 is 0. The summed E-state index contributed by atoms with van der Waals surface area (Å²) in [6, 6.07) is 0.231. The molecule has 0 aromatic heterocycles. The molecule has 0 amide bonds. The first-order chi connectivity index (χ1) is 5.20. The van der Waals surface area contributed by atoms with E-state index in [0.717, 1.165) is 19.5 Å². The molecule has 0 bridgehead atoms. The van der Waals surface area contributed by atoms with Gasteiger partial charge in [0.05, 0.1) is 0 Å². The fourth-order valence-corrected chi connectivity index (χ4v) is 1.27. The van der Waals surface area contributed by atoms with Gasteiger partial charge >= 0.3 is 0 Å². The third kappa shape index (κ3) is 2.50. The highest BCUT2D eigenvalue weighted by Crippen LogP contribution is 2.04. The second-order valence-electron chi connectivity index (χ2n) is 3.25. The predicted octanol–water partition coefficient (Wildman–Crippen LogP) is 0.458. The van der Waals surface area contributed by atoms with Gasteiger partial charge in [-0.1, -0.05) is 0 Å². The summed E-state index contributed by atoms with van der Waals surface area (Å²) in [6.45, 7) is 4.13. The molecule has 1 unspecified atom stereocenters. The van der Waals surface area contributed by atoms with Crippen LogP contribution in [-0.2, 0) is 0 Å². The molecular formula is C8H17N3. The molecule has 2 N–H and O–H groups in total. The number of amidine groups is 1. The second kappa shape index (κ2) is 3.72. The minimum Gasteiger partial charge on any atom is -0.363 e. The zero-order valence-corrected chi connectivity index (χ0v) is 7.38. The highest BCUT2D eigenvalue weighted by Gasteiger charge is 2.11. The van der Waals surface area contributed by atoms with Crippen molar-refractivity contribution in [2.75, 3.05) is 20.1 Å². The average Bonchev–Trinajstić information content (AvgIpc) is 1.93. The summed E-state index contributed by atoms with van der Waals surface area (Å²) >= 11 is 0. The molecular weight excluding hydrogens is 138 g/mol. The Kier molecular flexibility index (Phi) is 2.88. The summed E-state index contributed by atoms with van der Waals surface area (Å²) in [5.74, 6) is 1.17. The summed E-state index contributed by atoms with van der Waals surface area (Å²) in [6.07, 6.45) is 2.09. The van der Waals surface area contributed by atoms with Crippen molar-refractivity contribution < 1.29 is 0 Å². The zero-order chi connectivity index (χ0) is 8.27. The Balaban J connectivity index is 2.47. The van der Waals surface area contributed by atoms with Crippen molar-refractivity contribution in [2.45, 2.75) is 25.8 Å². The van der Waals surface area contributed by atoms with Crippen LogP contribution in [0.2, 0.25) is 0 Å². The van der Waals surface area contributed by atoms with Gasteiger partial charge in [-0.2, -0.15) is 0 Å². The van der Waals surface area contributed by atoms with E-state index >= 15 is 0 Å². The molecule has 0 aliphatic carbocycles. The van der Waals surface area contributed by atoms with Crippen LogP contribution in [0.1, 0.15) is 19.8 Å².